The maximum atomic E-state index is 12.2. The maximum absolute atomic E-state index is 12.2. The number of nitrogens with zero attached hydrogens (tertiary/aromatic N) is 3. The van der Waals surface area contributed by atoms with Crippen LogP contribution in [0.15, 0.2) is 24.3 Å². The number of hydrogen-bond acceptors (Lipinski definition) is 7. The Bertz CT molecular complexity index is 1030. The fourth-order valence-electron chi connectivity index (χ4n) is 4.22. The highest BCUT2D eigenvalue weighted by atomic mass is 32.3. The van der Waals surface area contributed by atoms with Crippen molar-refractivity contribution in [2.45, 2.75) is 30.8 Å². The quantitative estimate of drug-likeness (QED) is 0.509. The van der Waals surface area contributed by atoms with Gasteiger partial charge in [-0.1, -0.05) is 0 Å². The smallest absolute Gasteiger partial charge is 0.319 e. The second-order valence-electron chi connectivity index (χ2n) is 8.63. The fourth-order valence-corrected chi connectivity index (χ4v) is 6.09. The summed E-state index contributed by atoms with van der Waals surface area (Å²) in [4.78, 5) is 23.5. The standard InChI is InChI=1S/C22H30FN5O4S/c1-14-17-18(22(2,3)33(14,30)31)26-19(27-20(17)28-10-12-32-13-11-28)15-4-6-16(7-5-15)25-21(29)24-9-8-23/h4-7,14,30-31H,8-13H2,1-3H3,(H2,24,25,29). The lowest BCUT2D eigenvalue weighted by molar-refractivity contribution is 0.122. The predicted octanol–water partition coefficient (Wildman–Crippen LogP) is 4.13. The van der Waals surface area contributed by atoms with Gasteiger partial charge in [0.25, 0.3) is 0 Å². The van der Waals surface area contributed by atoms with Crippen molar-refractivity contribution in [2.24, 2.45) is 0 Å². The second kappa shape index (κ2) is 9.05. The zero-order valence-electron chi connectivity index (χ0n) is 19.0. The van der Waals surface area contributed by atoms with E-state index in [9.17, 15) is 18.3 Å². The lowest BCUT2D eigenvalue weighted by atomic mass is 10.0. The van der Waals surface area contributed by atoms with Crippen molar-refractivity contribution in [3.05, 3.63) is 35.5 Å². The van der Waals surface area contributed by atoms with Crippen molar-refractivity contribution in [1.82, 2.24) is 15.3 Å². The van der Waals surface area contributed by atoms with Crippen LogP contribution >= 0.6 is 10.6 Å². The highest BCUT2D eigenvalue weighted by Gasteiger charge is 2.52. The van der Waals surface area contributed by atoms with Crippen LogP contribution in [0.25, 0.3) is 11.4 Å². The van der Waals surface area contributed by atoms with E-state index in [1.807, 2.05) is 20.8 Å². The molecule has 1 unspecified atom stereocenters. The lowest BCUT2D eigenvalue weighted by Gasteiger charge is -2.43. The minimum Gasteiger partial charge on any atom is -0.378 e. The van der Waals surface area contributed by atoms with Crippen LogP contribution in [0, 0.1) is 0 Å². The van der Waals surface area contributed by atoms with E-state index in [1.165, 1.54) is 0 Å². The third-order valence-corrected chi connectivity index (χ3v) is 9.16. The van der Waals surface area contributed by atoms with E-state index in [1.54, 1.807) is 24.3 Å². The van der Waals surface area contributed by atoms with Crippen molar-refractivity contribution in [3.8, 4) is 11.4 Å². The number of carbonyl (C=O) groups is 1. The number of ether oxygens (including phenoxy) is 1. The van der Waals surface area contributed by atoms with Crippen LogP contribution in [0.1, 0.15) is 37.3 Å². The summed E-state index contributed by atoms with van der Waals surface area (Å²) in [6.07, 6.45) is 0. The summed E-state index contributed by atoms with van der Waals surface area (Å²) in [7, 11) is -2.99. The molecule has 9 nitrogen and oxygen atoms in total. The van der Waals surface area contributed by atoms with Gasteiger partial charge in [-0.2, -0.15) is 10.6 Å². The molecule has 2 aromatic rings. The molecular formula is C22H30FN5O4S. The molecule has 180 valence electrons. The van der Waals surface area contributed by atoms with Crippen LogP contribution in [0.4, 0.5) is 20.7 Å². The van der Waals surface area contributed by atoms with Gasteiger partial charge in [0, 0.05) is 36.4 Å². The summed E-state index contributed by atoms with van der Waals surface area (Å²) in [5.41, 5.74) is 2.71. The van der Waals surface area contributed by atoms with Crippen molar-refractivity contribution in [2.75, 3.05) is 49.7 Å². The summed E-state index contributed by atoms with van der Waals surface area (Å²) in [6, 6.07) is 6.54. The molecule has 1 saturated heterocycles. The summed E-state index contributed by atoms with van der Waals surface area (Å²) >= 11 is 0. The third-order valence-electron chi connectivity index (χ3n) is 6.24. The number of aromatic nitrogens is 2. The number of urea groups is 1. The largest absolute Gasteiger partial charge is 0.378 e. The van der Waals surface area contributed by atoms with Crippen LogP contribution in [-0.2, 0) is 9.48 Å². The summed E-state index contributed by atoms with van der Waals surface area (Å²) in [6.45, 7) is 7.24. The summed E-state index contributed by atoms with van der Waals surface area (Å²) in [5, 5.41) is 4.57. The van der Waals surface area contributed by atoms with Crippen molar-refractivity contribution in [1.29, 1.82) is 0 Å². The molecule has 2 amide bonds. The van der Waals surface area contributed by atoms with E-state index in [-0.39, 0.29) is 6.54 Å². The summed E-state index contributed by atoms with van der Waals surface area (Å²) < 4.78 is 38.9. The molecule has 1 fully saturated rings. The number of morpholine rings is 1. The highest BCUT2D eigenvalue weighted by molar-refractivity contribution is 8.25. The molecule has 1 atom stereocenters. The van der Waals surface area contributed by atoms with Gasteiger partial charge in [-0.15, -0.1) is 0 Å². The van der Waals surface area contributed by atoms with E-state index in [2.05, 4.69) is 15.5 Å². The molecule has 11 heteroatoms. The molecule has 4 rings (SSSR count). The number of halogens is 1. The number of amides is 2. The van der Waals surface area contributed by atoms with Crippen molar-refractivity contribution in [3.63, 3.8) is 0 Å². The molecule has 0 radical (unpaired) electrons. The lowest BCUT2D eigenvalue weighted by Crippen LogP contribution is -2.37. The van der Waals surface area contributed by atoms with Crippen LogP contribution in [0.5, 0.6) is 0 Å². The average Bonchev–Trinajstić information content (AvgIpc) is 2.95. The van der Waals surface area contributed by atoms with Gasteiger partial charge in [0.2, 0.25) is 0 Å². The first-order chi connectivity index (χ1) is 15.7. The topological polar surface area (TPSA) is 120 Å². The third kappa shape index (κ3) is 4.25. The normalized spacial score (nSPS) is 21.9. The monoisotopic (exact) mass is 479 g/mol. The van der Waals surface area contributed by atoms with Gasteiger partial charge in [0.1, 0.15) is 12.5 Å². The van der Waals surface area contributed by atoms with Crippen LogP contribution in [0.3, 0.4) is 0 Å². The number of carbonyl (C=O) groups excluding carboxylic acids is 1. The number of alkyl halides is 1. The van der Waals surface area contributed by atoms with Gasteiger partial charge >= 0.3 is 6.03 Å². The predicted molar refractivity (Wildman–Crippen MR) is 128 cm³/mol. The number of rotatable bonds is 5. The zero-order chi connectivity index (χ0) is 23.8. The molecule has 0 bridgehead atoms. The number of benzene rings is 1. The molecule has 0 saturated carbocycles. The Hall–Kier alpha value is -2.47. The van der Waals surface area contributed by atoms with Gasteiger partial charge in [0.05, 0.1) is 28.9 Å². The van der Waals surface area contributed by atoms with E-state index < -0.39 is 33.3 Å². The summed E-state index contributed by atoms with van der Waals surface area (Å²) in [5.74, 6) is 1.19. The Balaban J connectivity index is 1.72. The molecule has 1 aromatic heterocycles. The van der Waals surface area contributed by atoms with Crippen LogP contribution in [0.2, 0.25) is 0 Å². The number of fused-ring (bicyclic) bond motifs is 1. The van der Waals surface area contributed by atoms with E-state index >= 15 is 0 Å². The van der Waals surface area contributed by atoms with Crippen LogP contribution in [-0.4, -0.2) is 64.6 Å². The molecule has 1 aromatic carbocycles. The Morgan fingerprint density at radius 2 is 1.91 bits per heavy atom. The average molecular weight is 480 g/mol. The maximum Gasteiger partial charge on any atom is 0.319 e. The number of anilines is 2. The van der Waals surface area contributed by atoms with Gasteiger partial charge in [-0.25, -0.2) is 19.2 Å². The SMILES string of the molecule is CC1c2c(N3CCOCC3)nc(-c3ccc(NC(=O)NCCF)cc3)nc2C(C)(C)S1(O)O. The highest BCUT2D eigenvalue weighted by Crippen LogP contribution is 2.73. The molecule has 2 aliphatic rings. The minimum absolute atomic E-state index is 0.0510. The van der Waals surface area contributed by atoms with Gasteiger partial charge in [-0.3, -0.25) is 9.11 Å². The minimum atomic E-state index is -2.99. The number of hydrogen-bond donors (Lipinski definition) is 4. The first-order valence-corrected chi connectivity index (χ1v) is 12.5. The Kier molecular flexibility index (Phi) is 6.50. The Labute approximate surface area is 194 Å². The van der Waals surface area contributed by atoms with Crippen molar-refractivity contribution < 1.29 is 23.0 Å². The molecule has 3 heterocycles. The molecule has 2 aliphatic heterocycles. The molecule has 0 aliphatic carbocycles. The first kappa shape index (κ1) is 23.7. The molecule has 33 heavy (non-hydrogen) atoms. The fraction of sp³-hybridized carbons (Fsp3) is 0.500. The number of nitrogens with one attached hydrogen (secondary N) is 2. The molecule has 4 N–H and O–H groups in total. The first-order valence-electron chi connectivity index (χ1n) is 10.9. The van der Waals surface area contributed by atoms with E-state index in [0.29, 0.717) is 49.3 Å². The van der Waals surface area contributed by atoms with Gasteiger partial charge < -0.3 is 20.3 Å². The van der Waals surface area contributed by atoms with E-state index in [0.717, 1.165) is 11.1 Å². The Morgan fingerprint density at radius 3 is 2.55 bits per heavy atom. The van der Waals surface area contributed by atoms with Crippen LogP contribution < -0.4 is 15.5 Å². The van der Waals surface area contributed by atoms with Gasteiger partial charge in [-0.05, 0) is 45.0 Å². The van der Waals surface area contributed by atoms with Gasteiger partial charge in [0.15, 0.2) is 5.82 Å². The zero-order valence-corrected chi connectivity index (χ0v) is 19.8. The second-order valence-corrected chi connectivity index (χ2v) is 11.5. The molecule has 0 spiro atoms. The Morgan fingerprint density at radius 1 is 1.24 bits per heavy atom. The molecular weight excluding hydrogens is 449 g/mol. The van der Waals surface area contributed by atoms with E-state index in [4.69, 9.17) is 14.7 Å². The van der Waals surface area contributed by atoms with Crippen molar-refractivity contribution >= 4 is 28.1 Å².